The van der Waals surface area contributed by atoms with Crippen molar-refractivity contribution >= 4 is 23.5 Å². The number of carbonyl (C=O) groups excluding carboxylic acids is 1. The highest BCUT2D eigenvalue weighted by Crippen LogP contribution is 2.43. The van der Waals surface area contributed by atoms with Gasteiger partial charge in [-0.2, -0.15) is 0 Å². The van der Waals surface area contributed by atoms with Gasteiger partial charge >= 0.3 is 0 Å². The molecule has 6 heteroatoms. The second kappa shape index (κ2) is 7.35. The Kier molecular flexibility index (Phi) is 4.91. The quantitative estimate of drug-likeness (QED) is 0.743. The molecule has 2 aliphatic heterocycles. The van der Waals surface area contributed by atoms with Gasteiger partial charge in [0.15, 0.2) is 5.76 Å². The maximum Gasteiger partial charge on any atom is 0.231 e. The minimum Gasteiger partial charge on any atom is -0.477 e. The molecule has 2 aromatic rings. The van der Waals surface area contributed by atoms with Gasteiger partial charge in [-0.05, 0) is 36.8 Å². The number of ether oxygens (including phenoxy) is 3. The number of fused-ring (bicyclic) bond motifs is 2. The molecule has 0 aliphatic carbocycles. The lowest BCUT2D eigenvalue weighted by Gasteiger charge is -2.30. The topological polar surface area (TPSA) is 48.0 Å². The third-order valence-electron chi connectivity index (χ3n) is 4.78. The number of hydrogen-bond donors (Lipinski definition) is 0. The molecular weight excluding hydrogens is 366 g/mol. The summed E-state index contributed by atoms with van der Waals surface area (Å²) in [6.45, 7) is 4.56. The molecule has 4 rings (SSSR count). The van der Waals surface area contributed by atoms with Crippen LogP contribution in [-0.2, 0) is 11.3 Å². The average molecular weight is 386 g/mol. The lowest BCUT2D eigenvalue weighted by atomic mass is 10.00. The van der Waals surface area contributed by atoms with Crippen LogP contribution in [0.4, 0.5) is 0 Å². The van der Waals surface area contributed by atoms with Crippen LogP contribution >= 0.6 is 11.6 Å². The Bertz CT molecular complexity index is 921. The highest BCUT2D eigenvalue weighted by Gasteiger charge is 2.33. The van der Waals surface area contributed by atoms with Crippen molar-refractivity contribution < 1.29 is 19.0 Å². The zero-order valence-electron chi connectivity index (χ0n) is 15.3. The number of carbonyl (C=O) groups is 1. The Morgan fingerprint density at radius 2 is 2.04 bits per heavy atom. The molecule has 0 amide bonds. The molecule has 0 radical (unpaired) electrons. The van der Waals surface area contributed by atoms with Crippen molar-refractivity contribution in [3.05, 3.63) is 63.4 Å². The van der Waals surface area contributed by atoms with Crippen LogP contribution in [0.3, 0.4) is 0 Å². The summed E-state index contributed by atoms with van der Waals surface area (Å²) in [6.07, 6.45) is 1.74. The second-order valence-electron chi connectivity index (χ2n) is 6.68. The Morgan fingerprint density at radius 3 is 2.78 bits per heavy atom. The molecule has 0 aromatic heterocycles. The maximum absolute atomic E-state index is 12.9. The smallest absolute Gasteiger partial charge is 0.231 e. The van der Waals surface area contributed by atoms with Gasteiger partial charge in [-0.3, -0.25) is 9.69 Å². The number of benzene rings is 2. The van der Waals surface area contributed by atoms with Gasteiger partial charge in [0.05, 0.1) is 12.2 Å². The molecule has 0 spiro atoms. The van der Waals surface area contributed by atoms with E-state index in [1.165, 1.54) is 0 Å². The van der Waals surface area contributed by atoms with Crippen molar-refractivity contribution in [3.63, 3.8) is 0 Å². The number of allylic oxidation sites excluding steroid dienone is 1. The number of methoxy groups -OCH3 is 1. The third-order valence-corrected chi connectivity index (χ3v) is 5.03. The molecule has 0 saturated carbocycles. The highest BCUT2D eigenvalue weighted by molar-refractivity contribution is 6.30. The summed E-state index contributed by atoms with van der Waals surface area (Å²) in [4.78, 5) is 15.0. The first-order valence-corrected chi connectivity index (χ1v) is 9.15. The predicted molar refractivity (Wildman–Crippen MR) is 103 cm³/mol. The summed E-state index contributed by atoms with van der Waals surface area (Å²) >= 11 is 5.92. The van der Waals surface area contributed by atoms with E-state index < -0.39 is 0 Å². The molecule has 27 heavy (non-hydrogen) atoms. The first-order valence-electron chi connectivity index (χ1n) is 8.77. The van der Waals surface area contributed by atoms with Crippen molar-refractivity contribution in [2.75, 3.05) is 27.0 Å². The van der Waals surface area contributed by atoms with Crippen LogP contribution in [0.15, 0.2) is 36.1 Å². The highest BCUT2D eigenvalue weighted by atomic mass is 35.5. The van der Waals surface area contributed by atoms with Gasteiger partial charge in [0, 0.05) is 36.3 Å². The van der Waals surface area contributed by atoms with E-state index in [0.29, 0.717) is 35.4 Å². The van der Waals surface area contributed by atoms with Crippen LogP contribution in [0.25, 0.3) is 6.08 Å². The van der Waals surface area contributed by atoms with Gasteiger partial charge in [0.1, 0.15) is 18.2 Å². The molecule has 0 N–H and O–H groups in total. The number of Topliss-reactive ketones (excluding diaryl/α,β-unsaturated/α-hetero) is 1. The summed E-state index contributed by atoms with van der Waals surface area (Å²) in [5, 5.41) is 0.651. The lowest BCUT2D eigenvalue weighted by Crippen LogP contribution is -2.34. The minimum absolute atomic E-state index is 0.111. The van der Waals surface area contributed by atoms with Crippen molar-refractivity contribution in [1.82, 2.24) is 4.90 Å². The summed E-state index contributed by atoms with van der Waals surface area (Å²) in [5.41, 5.74) is 3.31. The van der Waals surface area contributed by atoms with E-state index in [9.17, 15) is 4.79 Å². The van der Waals surface area contributed by atoms with Gasteiger partial charge in [-0.25, -0.2) is 0 Å². The van der Waals surface area contributed by atoms with Crippen molar-refractivity contribution in [2.24, 2.45) is 0 Å². The number of halogens is 1. The van der Waals surface area contributed by atoms with Gasteiger partial charge in [-0.1, -0.05) is 23.7 Å². The summed E-state index contributed by atoms with van der Waals surface area (Å²) < 4.78 is 17.0. The largest absolute Gasteiger partial charge is 0.477 e. The van der Waals surface area contributed by atoms with E-state index in [4.69, 9.17) is 25.8 Å². The SMILES string of the molecule is COCCN1COc2c(cc3c(c2C)O/C(=C\c2ccc(Cl)cc2)C3=O)C1. The number of ketones is 1. The van der Waals surface area contributed by atoms with Crippen LogP contribution in [0.2, 0.25) is 5.02 Å². The van der Waals surface area contributed by atoms with Crippen LogP contribution in [-0.4, -0.2) is 37.7 Å². The first kappa shape index (κ1) is 18.0. The zero-order chi connectivity index (χ0) is 19.0. The van der Waals surface area contributed by atoms with E-state index in [2.05, 4.69) is 4.90 Å². The number of rotatable bonds is 4. The van der Waals surface area contributed by atoms with Crippen molar-refractivity contribution in [3.8, 4) is 11.5 Å². The van der Waals surface area contributed by atoms with E-state index in [0.717, 1.165) is 35.5 Å². The first-order chi connectivity index (χ1) is 13.1. The van der Waals surface area contributed by atoms with Gasteiger partial charge in [0.25, 0.3) is 0 Å². The Hall–Kier alpha value is -2.34. The zero-order valence-corrected chi connectivity index (χ0v) is 16.0. The molecule has 0 atom stereocenters. The van der Waals surface area contributed by atoms with Crippen LogP contribution in [0, 0.1) is 6.92 Å². The molecular formula is C21H20ClNO4. The molecule has 140 valence electrons. The van der Waals surface area contributed by atoms with Crippen LogP contribution in [0.1, 0.15) is 27.0 Å². The Morgan fingerprint density at radius 1 is 1.26 bits per heavy atom. The standard InChI is InChI=1S/C21H20ClNO4/c1-13-20-15(11-23(12-26-20)7-8-25-2)10-17-19(24)18(27-21(13)17)9-14-3-5-16(22)6-4-14/h3-6,9-10H,7-8,11-12H2,1-2H3/b18-9-. The fourth-order valence-electron chi connectivity index (χ4n) is 3.37. The summed E-state index contributed by atoms with van der Waals surface area (Å²) in [5.74, 6) is 1.60. The minimum atomic E-state index is -0.111. The van der Waals surface area contributed by atoms with Crippen molar-refractivity contribution in [2.45, 2.75) is 13.5 Å². The summed E-state index contributed by atoms with van der Waals surface area (Å²) in [7, 11) is 1.68. The fourth-order valence-corrected chi connectivity index (χ4v) is 3.50. The Labute approximate surface area is 163 Å². The molecule has 5 nitrogen and oxygen atoms in total. The summed E-state index contributed by atoms with van der Waals surface area (Å²) in [6, 6.07) is 9.16. The maximum atomic E-state index is 12.9. The van der Waals surface area contributed by atoms with E-state index in [-0.39, 0.29) is 5.78 Å². The molecule has 0 saturated heterocycles. The van der Waals surface area contributed by atoms with E-state index in [1.807, 2.05) is 25.1 Å². The van der Waals surface area contributed by atoms with Crippen molar-refractivity contribution in [1.29, 1.82) is 0 Å². The normalized spacial score (nSPS) is 17.4. The number of hydrogen-bond acceptors (Lipinski definition) is 5. The third kappa shape index (κ3) is 3.46. The molecule has 0 bridgehead atoms. The number of nitrogens with zero attached hydrogens (tertiary/aromatic N) is 1. The van der Waals surface area contributed by atoms with E-state index >= 15 is 0 Å². The second-order valence-corrected chi connectivity index (χ2v) is 7.11. The van der Waals surface area contributed by atoms with E-state index in [1.54, 1.807) is 25.3 Å². The predicted octanol–water partition coefficient (Wildman–Crippen LogP) is 4.06. The average Bonchev–Trinajstić information content (AvgIpc) is 2.98. The van der Waals surface area contributed by atoms with Gasteiger partial charge < -0.3 is 14.2 Å². The monoisotopic (exact) mass is 385 g/mol. The van der Waals surface area contributed by atoms with Gasteiger partial charge in [0.2, 0.25) is 5.78 Å². The molecule has 0 unspecified atom stereocenters. The molecule has 2 aliphatic rings. The van der Waals surface area contributed by atoms with Gasteiger partial charge in [-0.15, -0.1) is 0 Å². The Balaban J connectivity index is 1.64. The van der Waals surface area contributed by atoms with Crippen LogP contribution < -0.4 is 9.47 Å². The molecule has 2 heterocycles. The fraction of sp³-hybridized carbons (Fsp3) is 0.286. The lowest BCUT2D eigenvalue weighted by molar-refractivity contribution is 0.0649. The molecule has 0 fully saturated rings. The van der Waals surface area contributed by atoms with Crippen LogP contribution in [0.5, 0.6) is 11.5 Å². The molecule has 2 aromatic carbocycles.